The van der Waals surface area contributed by atoms with Gasteiger partial charge < -0.3 is 0 Å². The Labute approximate surface area is 54.8 Å². The summed E-state index contributed by atoms with van der Waals surface area (Å²) in [5.74, 6) is 1.09. The van der Waals surface area contributed by atoms with Gasteiger partial charge in [-0.1, -0.05) is 6.92 Å². The van der Waals surface area contributed by atoms with Gasteiger partial charge in [-0.15, -0.1) is 23.2 Å². The molecule has 0 radical (unpaired) electrons. The average Bonchev–Trinajstić information content (AvgIpc) is 1.65. The molecule has 2 atom stereocenters. The first kappa shape index (κ1) is 7.58. The Morgan fingerprint density at radius 2 is 1.86 bits per heavy atom. The number of hydrogen-bond donors (Lipinski definition) is 0. The van der Waals surface area contributed by atoms with Crippen LogP contribution in [0.4, 0.5) is 0 Å². The lowest BCUT2D eigenvalue weighted by Gasteiger charge is -2.06. The molecule has 0 fully saturated rings. The molecule has 0 saturated carbocycles. The van der Waals surface area contributed by atoms with Crippen molar-refractivity contribution in [1.82, 2.24) is 0 Å². The Bertz CT molecular complexity index is 43.3. The Morgan fingerprint density at radius 3 is 1.86 bits per heavy atom. The van der Waals surface area contributed by atoms with E-state index in [4.69, 9.17) is 23.2 Å². The van der Waals surface area contributed by atoms with Gasteiger partial charge in [0.25, 0.3) is 0 Å². The minimum absolute atomic E-state index is 0.206. The van der Waals surface area contributed by atoms with Gasteiger partial charge in [-0.3, -0.25) is 0 Å². The zero-order valence-corrected chi connectivity index (χ0v) is 6.13. The molecule has 0 spiro atoms. The predicted molar refractivity (Wildman–Crippen MR) is 35.2 cm³/mol. The fourth-order valence-electron chi connectivity index (χ4n) is 0.123. The third-order valence-electron chi connectivity index (χ3n) is 1.03. The lowest BCUT2D eigenvalue weighted by molar-refractivity contribution is 0.642. The van der Waals surface area contributed by atoms with Crippen molar-refractivity contribution >= 4 is 23.2 Å². The Hall–Kier alpha value is 0.580. The van der Waals surface area contributed by atoms with Crippen LogP contribution in [0.5, 0.6) is 0 Å². The van der Waals surface area contributed by atoms with Gasteiger partial charge in [0.2, 0.25) is 0 Å². The highest BCUT2D eigenvalue weighted by atomic mass is 35.5. The Balaban J connectivity index is 3.14. The normalized spacial score (nSPS) is 18.9. The van der Waals surface area contributed by atoms with Crippen LogP contribution in [0.1, 0.15) is 13.8 Å². The second-order valence-electron chi connectivity index (χ2n) is 1.81. The molecule has 7 heavy (non-hydrogen) atoms. The summed E-state index contributed by atoms with van der Waals surface area (Å²) in [7, 11) is 0. The predicted octanol–water partition coefficient (Wildman–Crippen LogP) is 2.49. The van der Waals surface area contributed by atoms with Gasteiger partial charge in [-0.25, -0.2) is 0 Å². The standard InChI is InChI=1S/C5H10Cl2/c1-4(3-6)5(2)7/h4-5H,3H2,1-2H3/t4-,5+/m0/s1. The van der Waals surface area contributed by atoms with Crippen LogP contribution in [0.2, 0.25) is 0 Å². The Morgan fingerprint density at radius 1 is 1.43 bits per heavy atom. The number of halogens is 2. The summed E-state index contributed by atoms with van der Waals surface area (Å²) in [5.41, 5.74) is 0. The maximum absolute atomic E-state index is 5.64. The monoisotopic (exact) mass is 140 g/mol. The van der Waals surface area contributed by atoms with E-state index in [0.29, 0.717) is 11.8 Å². The molecule has 2 heteroatoms. The van der Waals surface area contributed by atoms with Gasteiger partial charge in [-0.2, -0.15) is 0 Å². The second-order valence-corrected chi connectivity index (χ2v) is 2.81. The van der Waals surface area contributed by atoms with Crippen LogP contribution in [0.3, 0.4) is 0 Å². The van der Waals surface area contributed by atoms with E-state index in [9.17, 15) is 0 Å². The second kappa shape index (κ2) is 3.57. The van der Waals surface area contributed by atoms with Crippen LogP contribution in [0, 0.1) is 5.92 Å². The van der Waals surface area contributed by atoms with Crippen LogP contribution in [0.25, 0.3) is 0 Å². The van der Waals surface area contributed by atoms with Gasteiger partial charge in [0.05, 0.1) is 0 Å². The fraction of sp³-hybridized carbons (Fsp3) is 1.00. The maximum Gasteiger partial charge on any atom is 0.0344 e. The van der Waals surface area contributed by atoms with Crippen LogP contribution < -0.4 is 0 Å². The van der Waals surface area contributed by atoms with Gasteiger partial charge in [0, 0.05) is 11.3 Å². The van der Waals surface area contributed by atoms with Gasteiger partial charge >= 0.3 is 0 Å². The summed E-state index contributed by atoms with van der Waals surface area (Å²) in [6, 6.07) is 0. The fourth-order valence-corrected chi connectivity index (χ4v) is 0.570. The van der Waals surface area contributed by atoms with Crippen molar-refractivity contribution in [1.29, 1.82) is 0 Å². The summed E-state index contributed by atoms with van der Waals surface area (Å²) in [6.45, 7) is 3.99. The molecular formula is C5H10Cl2. The molecule has 0 saturated heterocycles. The van der Waals surface area contributed by atoms with E-state index in [0.717, 1.165) is 0 Å². The molecule has 0 aromatic heterocycles. The molecule has 0 amide bonds. The van der Waals surface area contributed by atoms with Crippen molar-refractivity contribution in [3.63, 3.8) is 0 Å². The lowest BCUT2D eigenvalue weighted by Crippen LogP contribution is -2.07. The highest BCUT2D eigenvalue weighted by Crippen LogP contribution is 2.09. The molecule has 0 aromatic rings. The van der Waals surface area contributed by atoms with Crippen molar-refractivity contribution in [2.75, 3.05) is 5.88 Å². The third kappa shape index (κ3) is 3.19. The summed E-state index contributed by atoms with van der Waals surface area (Å²) < 4.78 is 0. The molecule has 0 nitrogen and oxygen atoms in total. The van der Waals surface area contributed by atoms with Crippen LogP contribution in [-0.2, 0) is 0 Å². The largest absolute Gasteiger partial charge is 0.126 e. The highest BCUT2D eigenvalue weighted by molar-refractivity contribution is 6.22. The molecule has 0 N–H and O–H groups in total. The molecule has 0 rings (SSSR count). The number of alkyl halides is 2. The molecule has 0 aliphatic carbocycles. The molecule has 0 aliphatic rings. The highest BCUT2D eigenvalue weighted by Gasteiger charge is 2.04. The van der Waals surface area contributed by atoms with Crippen molar-refractivity contribution in [2.45, 2.75) is 19.2 Å². The van der Waals surface area contributed by atoms with Crippen molar-refractivity contribution in [3.05, 3.63) is 0 Å². The van der Waals surface area contributed by atoms with Gasteiger partial charge in [0.15, 0.2) is 0 Å². The topological polar surface area (TPSA) is 0 Å². The minimum atomic E-state index is 0.206. The summed E-state index contributed by atoms with van der Waals surface area (Å²) >= 11 is 11.1. The van der Waals surface area contributed by atoms with Gasteiger partial charge in [-0.05, 0) is 12.8 Å². The molecule has 0 heterocycles. The quantitative estimate of drug-likeness (QED) is 0.518. The summed E-state index contributed by atoms with van der Waals surface area (Å²) in [6.07, 6.45) is 0. The minimum Gasteiger partial charge on any atom is -0.126 e. The van der Waals surface area contributed by atoms with E-state index in [1.165, 1.54) is 0 Å². The Kier molecular flexibility index (Phi) is 3.86. The molecule has 0 aliphatic heterocycles. The van der Waals surface area contributed by atoms with Crippen molar-refractivity contribution in [2.24, 2.45) is 5.92 Å². The maximum atomic E-state index is 5.64. The summed E-state index contributed by atoms with van der Waals surface area (Å²) in [5, 5.41) is 0.206. The number of rotatable bonds is 2. The zero-order chi connectivity index (χ0) is 5.86. The first-order valence-corrected chi connectivity index (χ1v) is 3.35. The van der Waals surface area contributed by atoms with Crippen LogP contribution in [0.15, 0.2) is 0 Å². The molecule has 44 valence electrons. The van der Waals surface area contributed by atoms with E-state index in [1.54, 1.807) is 0 Å². The van der Waals surface area contributed by atoms with E-state index < -0.39 is 0 Å². The molecular weight excluding hydrogens is 131 g/mol. The third-order valence-corrected chi connectivity index (χ3v) is 1.94. The smallest absolute Gasteiger partial charge is 0.0344 e. The van der Waals surface area contributed by atoms with E-state index in [1.807, 2.05) is 13.8 Å². The summed E-state index contributed by atoms with van der Waals surface area (Å²) in [4.78, 5) is 0. The molecule has 0 bridgehead atoms. The zero-order valence-electron chi connectivity index (χ0n) is 4.62. The first-order valence-electron chi connectivity index (χ1n) is 2.38. The van der Waals surface area contributed by atoms with Crippen LogP contribution in [-0.4, -0.2) is 11.3 Å². The van der Waals surface area contributed by atoms with E-state index >= 15 is 0 Å². The van der Waals surface area contributed by atoms with E-state index in [-0.39, 0.29) is 5.38 Å². The van der Waals surface area contributed by atoms with Crippen molar-refractivity contribution < 1.29 is 0 Å². The van der Waals surface area contributed by atoms with Crippen molar-refractivity contribution in [3.8, 4) is 0 Å². The van der Waals surface area contributed by atoms with Gasteiger partial charge in [0.1, 0.15) is 0 Å². The average molecular weight is 141 g/mol. The lowest BCUT2D eigenvalue weighted by atomic mass is 10.1. The van der Waals surface area contributed by atoms with Crippen LogP contribution >= 0.6 is 23.2 Å². The van der Waals surface area contributed by atoms with E-state index in [2.05, 4.69) is 0 Å². The number of hydrogen-bond acceptors (Lipinski definition) is 0. The molecule has 0 unspecified atom stereocenters. The molecule has 0 aromatic carbocycles. The SMILES string of the molecule is C[C@@H](Cl)[C@@H](C)CCl. The first-order chi connectivity index (χ1) is 3.18.